The predicted octanol–water partition coefficient (Wildman–Crippen LogP) is 4.57. The second-order valence-corrected chi connectivity index (χ2v) is 5.01. The van der Waals surface area contributed by atoms with Crippen molar-refractivity contribution in [2.45, 2.75) is 6.92 Å². The van der Waals surface area contributed by atoms with Crippen LogP contribution >= 0.6 is 0 Å². The summed E-state index contributed by atoms with van der Waals surface area (Å²) in [5, 5.41) is 10.2. The number of benzene rings is 2. The summed E-state index contributed by atoms with van der Waals surface area (Å²) in [6, 6.07) is 13.8. The lowest BCUT2D eigenvalue weighted by molar-refractivity contribution is 0.412. The van der Waals surface area contributed by atoms with Crippen molar-refractivity contribution in [3.8, 4) is 5.75 Å². The zero-order valence-corrected chi connectivity index (χ0v) is 12.1. The highest BCUT2D eigenvalue weighted by atomic mass is 16.5. The smallest absolute Gasteiger partial charge is 0.145 e. The number of methoxy groups -OCH3 is 1. The number of aryl methyl sites for hydroxylation is 1. The van der Waals surface area contributed by atoms with Crippen molar-refractivity contribution in [3.63, 3.8) is 0 Å². The molecule has 0 saturated carbocycles. The Balaban J connectivity index is 2.23. The maximum Gasteiger partial charge on any atom is 0.145 e. The fourth-order valence-electron chi connectivity index (χ4n) is 2.64. The maximum atomic E-state index is 10.2. The Bertz CT molecular complexity index is 747. The van der Waals surface area contributed by atoms with Crippen LogP contribution in [0, 0.1) is 6.92 Å². The van der Waals surface area contributed by atoms with Gasteiger partial charge in [-0.25, -0.2) is 0 Å². The van der Waals surface area contributed by atoms with Gasteiger partial charge in [0.25, 0.3) is 0 Å². The highest BCUT2D eigenvalue weighted by Gasteiger charge is 2.23. The normalized spacial score (nSPS) is 13.7. The lowest BCUT2D eigenvalue weighted by atomic mass is 9.99. The Morgan fingerprint density at radius 2 is 1.76 bits per heavy atom. The third kappa shape index (κ3) is 2.07. The number of aliphatic hydroxyl groups excluding tert-OH is 1. The maximum absolute atomic E-state index is 10.2. The molecule has 1 N–H and O–H groups in total. The molecule has 3 heteroatoms. The summed E-state index contributed by atoms with van der Waals surface area (Å²) in [5.74, 6) is 0.959. The minimum atomic E-state index is 0.164. The number of fused-ring (bicyclic) bond motifs is 1. The molecule has 1 heterocycles. The fraction of sp³-hybridized carbons (Fsp3) is 0.111. The summed E-state index contributed by atoms with van der Waals surface area (Å²) in [4.78, 5) is 1.94. The van der Waals surface area contributed by atoms with Gasteiger partial charge in [0.05, 0.1) is 24.7 Å². The summed E-state index contributed by atoms with van der Waals surface area (Å²) < 4.78 is 5.53. The molecule has 3 rings (SSSR count). The van der Waals surface area contributed by atoms with Crippen molar-refractivity contribution in [1.29, 1.82) is 0 Å². The quantitative estimate of drug-likeness (QED) is 0.874. The highest BCUT2D eigenvalue weighted by Crippen LogP contribution is 2.43. The standard InChI is InChI=1S/C18H17NO2/c1-12-7-6-10-16(18(12)21-3)19-11-17(20)13(2)14-8-4-5-9-15(14)19/h4-11,20H,2H2,1,3H3. The van der Waals surface area contributed by atoms with Gasteiger partial charge in [-0.3, -0.25) is 0 Å². The van der Waals surface area contributed by atoms with Crippen LogP contribution in [0.1, 0.15) is 11.1 Å². The van der Waals surface area contributed by atoms with Crippen molar-refractivity contribution in [2.24, 2.45) is 0 Å². The van der Waals surface area contributed by atoms with E-state index in [4.69, 9.17) is 4.74 Å². The lowest BCUT2D eigenvalue weighted by Crippen LogP contribution is -2.17. The molecular formula is C18H17NO2. The molecule has 21 heavy (non-hydrogen) atoms. The number of ether oxygens (including phenoxy) is 1. The first-order valence-corrected chi connectivity index (χ1v) is 6.75. The van der Waals surface area contributed by atoms with Gasteiger partial charge in [-0.15, -0.1) is 0 Å². The van der Waals surface area contributed by atoms with E-state index in [1.807, 2.05) is 54.3 Å². The molecule has 0 amide bonds. The number of para-hydroxylation sites is 2. The Hall–Kier alpha value is -2.68. The summed E-state index contributed by atoms with van der Waals surface area (Å²) >= 11 is 0. The first-order valence-electron chi connectivity index (χ1n) is 6.75. The summed E-state index contributed by atoms with van der Waals surface area (Å²) in [6.07, 6.45) is 1.68. The molecule has 0 atom stereocenters. The largest absolute Gasteiger partial charge is 0.506 e. The van der Waals surface area contributed by atoms with Gasteiger partial charge in [0.1, 0.15) is 11.5 Å². The van der Waals surface area contributed by atoms with Crippen molar-refractivity contribution in [1.82, 2.24) is 0 Å². The molecule has 2 aromatic carbocycles. The zero-order valence-electron chi connectivity index (χ0n) is 12.1. The van der Waals surface area contributed by atoms with Crippen LogP contribution in [-0.2, 0) is 0 Å². The zero-order chi connectivity index (χ0) is 15.0. The average molecular weight is 279 g/mol. The van der Waals surface area contributed by atoms with Gasteiger partial charge in [-0.05, 0) is 24.6 Å². The van der Waals surface area contributed by atoms with Gasteiger partial charge in [0.2, 0.25) is 0 Å². The third-order valence-electron chi connectivity index (χ3n) is 3.70. The molecule has 0 bridgehead atoms. The number of nitrogens with zero attached hydrogens (tertiary/aromatic N) is 1. The molecule has 0 spiro atoms. The van der Waals surface area contributed by atoms with Crippen molar-refractivity contribution < 1.29 is 9.84 Å². The van der Waals surface area contributed by atoms with E-state index in [-0.39, 0.29) is 5.76 Å². The van der Waals surface area contributed by atoms with Gasteiger partial charge in [0.15, 0.2) is 0 Å². The topological polar surface area (TPSA) is 32.7 Å². The molecule has 0 saturated heterocycles. The van der Waals surface area contributed by atoms with Crippen LogP contribution < -0.4 is 9.64 Å². The van der Waals surface area contributed by atoms with Crippen LogP contribution in [0.3, 0.4) is 0 Å². The van der Waals surface area contributed by atoms with E-state index < -0.39 is 0 Å². The average Bonchev–Trinajstić information content (AvgIpc) is 2.51. The number of anilines is 2. The van der Waals surface area contributed by atoms with E-state index in [1.54, 1.807) is 13.3 Å². The van der Waals surface area contributed by atoms with Gasteiger partial charge < -0.3 is 14.7 Å². The van der Waals surface area contributed by atoms with Gasteiger partial charge in [-0.2, -0.15) is 0 Å². The van der Waals surface area contributed by atoms with Crippen molar-refractivity contribution >= 4 is 16.9 Å². The van der Waals surface area contributed by atoms with E-state index in [0.29, 0.717) is 5.57 Å². The van der Waals surface area contributed by atoms with Crippen LogP contribution in [-0.4, -0.2) is 12.2 Å². The lowest BCUT2D eigenvalue weighted by Gasteiger charge is -2.30. The minimum absolute atomic E-state index is 0.164. The SMILES string of the molecule is C=C1C(O)=CN(c2cccc(C)c2OC)c2ccccc21. The number of rotatable bonds is 2. The summed E-state index contributed by atoms with van der Waals surface area (Å²) in [5.41, 5.74) is 4.47. The predicted molar refractivity (Wildman–Crippen MR) is 86.1 cm³/mol. The van der Waals surface area contributed by atoms with Crippen LogP contribution in [0.4, 0.5) is 11.4 Å². The van der Waals surface area contributed by atoms with Gasteiger partial charge in [0, 0.05) is 11.1 Å². The van der Waals surface area contributed by atoms with Crippen molar-refractivity contribution in [3.05, 3.63) is 72.1 Å². The second kappa shape index (κ2) is 5.02. The monoisotopic (exact) mass is 279 g/mol. The first-order chi connectivity index (χ1) is 10.1. The molecule has 2 aromatic rings. The van der Waals surface area contributed by atoms with E-state index >= 15 is 0 Å². The molecule has 1 aliphatic heterocycles. The second-order valence-electron chi connectivity index (χ2n) is 5.01. The molecular weight excluding hydrogens is 262 g/mol. The number of allylic oxidation sites excluding steroid dienone is 1. The van der Waals surface area contributed by atoms with E-state index in [0.717, 1.165) is 28.3 Å². The van der Waals surface area contributed by atoms with Crippen LogP contribution in [0.25, 0.3) is 5.57 Å². The van der Waals surface area contributed by atoms with Gasteiger partial charge in [-0.1, -0.05) is 36.9 Å². The Labute approximate surface area is 124 Å². The van der Waals surface area contributed by atoms with Crippen LogP contribution in [0.2, 0.25) is 0 Å². The van der Waals surface area contributed by atoms with Gasteiger partial charge >= 0.3 is 0 Å². The first kappa shape index (κ1) is 13.3. The Kier molecular flexibility index (Phi) is 3.18. The third-order valence-corrected chi connectivity index (χ3v) is 3.70. The molecule has 3 nitrogen and oxygen atoms in total. The van der Waals surface area contributed by atoms with E-state index in [9.17, 15) is 5.11 Å². The van der Waals surface area contributed by atoms with Crippen molar-refractivity contribution in [2.75, 3.05) is 12.0 Å². The van der Waals surface area contributed by atoms with E-state index in [2.05, 4.69) is 6.58 Å². The molecule has 0 radical (unpaired) electrons. The number of hydrogen-bond acceptors (Lipinski definition) is 3. The highest BCUT2D eigenvalue weighted by molar-refractivity contribution is 5.91. The summed E-state index contributed by atoms with van der Waals surface area (Å²) in [6.45, 7) is 5.95. The Morgan fingerprint density at radius 3 is 2.52 bits per heavy atom. The minimum Gasteiger partial charge on any atom is -0.506 e. The summed E-state index contributed by atoms with van der Waals surface area (Å²) in [7, 11) is 1.66. The van der Waals surface area contributed by atoms with Crippen LogP contribution in [0.15, 0.2) is 61.0 Å². The molecule has 0 fully saturated rings. The molecule has 0 aromatic heterocycles. The number of hydrogen-bond donors (Lipinski definition) is 1. The fourth-order valence-corrected chi connectivity index (χ4v) is 2.64. The van der Waals surface area contributed by atoms with E-state index in [1.165, 1.54) is 0 Å². The Morgan fingerprint density at radius 1 is 1.05 bits per heavy atom. The molecule has 0 unspecified atom stereocenters. The van der Waals surface area contributed by atoms with Crippen LogP contribution in [0.5, 0.6) is 5.75 Å². The molecule has 106 valence electrons. The molecule has 1 aliphatic rings. The molecule has 0 aliphatic carbocycles. The number of aliphatic hydroxyl groups is 1.